The van der Waals surface area contributed by atoms with Crippen molar-refractivity contribution in [3.05, 3.63) is 36.0 Å². The summed E-state index contributed by atoms with van der Waals surface area (Å²) in [5, 5.41) is 3.45. The number of nitrogens with zero attached hydrogens (tertiary/aromatic N) is 1. The second kappa shape index (κ2) is 4.18. The number of hydrogen-bond acceptors (Lipinski definition) is 3. The van der Waals surface area contributed by atoms with Crippen molar-refractivity contribution >= 4 is 16.8 Å². The van der Waals surface area contributed by atoms with Crippen LogP contribution in [0.15, 0.2) is 30.5 Å². The lowest BCUT2D eigenvalue weighted by Gasteiger charge is -2.04. The van der Waals surface area contributed by atoms with Gasteiger partial charge in [-0.2, -0.15) is 0 Å². The minimum atomic E-state index is -0.141. The summed E-state index contributed by atoms with van der Waals surface area (Å²) in [7, 11) is 3.20. The summed E-state index contributed by atoms with van der Waals surface area (Å²) in [6.45, 7) is 0. The Kier molecular flexibility index (Phi) is 2.72. The molecule has 16 heavy (non-hydrogen) atoms. The van der Waals surface area contributed by atoms with Crippen LogP contribution in [-0.4, -0.2) is 25.0 Å². The zero-order valence-corrected chi connectivity index (χ0v) is 9.15. The summed E-state index contributed by atoms with van der Waals surface area (Å²) in [4.78, 5) is 15.6. The Labute approximate surface area is 93.3 Å². The highest BCUT2D eigenvalue weighted by atomic mass is 16.5. The van der Waals surface area contributed by atoms with E-state index in [0.29, 0.717) is 5.56 Å². The summed E-state index contributed by atoms with van der Waals surface area (Å²) in [5.41, 5.74) is 1.39. The number of benzene rings is 1. The second-order valence-electron chi connectivity index (χ2n) is 3.36. The SMILES string of the molecule is CNC(=O)c1cnc2ccc(OC)cc2c1. The number of amides is 1. The monoisotopic (exact) mass is 216 g/mol. The van der Waals surface area contributed by atoms with Gasteiger partial charge in [0.05, 0.1) is 18.2 Å². The van der Waals surface area contributed by atoms with E-state index in [2.05, 4.69) is 10.3 Å². The quantitative estimate of drug-likeness (QED) is 0.829. The molecule has 0 aliphatic heterocycles. The number of nitrogens with one attached hydrogen (secondary N) is 1. The average Bonchev–Trinajstić information content (AvgIpc) is 2.36. The number of pyridine rings is 1. The van der Waals surface area contributed by atoms with Gasteiger partial charge in [0.2, 0.25) is 0 Å². The fourth-order valence-electron chi connectivity index (χ4n) is 1.51. The number of fused-ring (bicyclic) bond motifs is 1. The van der Waals surface area contributed by atoms with Crippen molar-refractivity contribution in [3.63, 3.8) is 0 Å². The lowest BCUT2D eigenvalue weighted by atomic mass is 10.1. The van der Waals surface area contributed by atoms with Gasteiger partial charge < -0.3 is 10.1 Å². The van der Waals surface area contributed by atoms with Crippen molar-refractivity contribution in [3.8, 4) is 5.75 Å². The highest BCUT2D eigenvalue weighted by molar-refractivity contribution is 5.97. The Bertz CT molecular complexity index is 538. The Morgan fingerprint density at radius 1 is 1.38 bits per heavy atom. The molecule has 1 aromatic carbocycles. The van der Waals surface area contributed by atoms with Crippen LogP contribution in [0.1, 0.15) is 10.4 Å². The van der Waals surface area contributed by atoms with Gasteiger partial charge in [-0.1, -0.05) is 0 Å². The maximum absolute atomic E-state index is 11.4. The van der Waals surface area contributed by atoms with Gasteiger partial charge in [-0.15, -0.1) is 0 Å². The van der Waals surface area contributed by atoms with Crippen LogP contribution in [0, 0.1) is 0 Å². The zero-order chi connectivity index (χ0) is 11.5. The Hall–Kier alpha value is -2.10. The first-order valence-corrected chi connectivity index (χ1v) is 4.90. The maximum Gasteiger partial charge on any atom is 0.252 e. The van der Waals surface area contributed by atoms with Gasteiger partial charge >= 0.3 is 0 Å². The van der Waals surface area contributed by atoms with Crippen LogP contribution in [0.25, 0.3) is 10.9 Å². The van der Waals surface area contributed by atoms with Crippen LogP contribution in [0.3, 0.4) is 0 Å². The zero-order valence-electron chi connectivity index (χ0n) is 9.15. The molecule has 2 aromatic rings. The standard InChI is InChI=1S/C12H12N2O2/c1-13-12(15)9-5-8-6-10(16-2)3-4-11(8)14-7-9/h3-7H,1-2H3,(H,13,15). The molecular formula is C12H12N2O2. The van der Waals surface area contributed by atoms with Crippen molar-refractivity contribution in [2.75, 3.05) is 14.2 Å². The molecule has 0 saturated carbocycles. The van der Waals surface area contributed by atoms with Gasteiger partial charge in [-0.25, -0.2) is 0 Å². The van der Waals surface area contributed by atoms with E-state index >= 15 is 0 Å². The molecule has 0 saturated heterocycles. The summed E-state index contributed by atoms with van der Waals surface area (Å²) in [6.07, 6.45) is 1.56. The maximum atomic E-state index is 11.4. The van der Waals surface area contributed by atoms with Gasteiger partial charge in [0.1, 0.15) is 5.75 Å². The Morgan fingerprint density at radius 3 is 2.88 bits per heavy atom. The van der Waals surface area contributed by atoms with Crippen LogP contribution in [-0.2, 0) is 0 Å². The number of carbonyl (C=O) groups excluding carboxylic acids is 1. The summed E-state index contributed by atoms with van der Waals surface area (Å²) < 4.78 is 5.12. The van der Waals surface area contributed by atoms with Gasteiger partial charge in [0.25, 0.3) is 5.91 Å². The first-order valence-electron chi connectivity index (χ1n) is 4.90. The van der Waals surface area contributed by atoms with E-state index in [-0.39, 0.29) is 5.91 Å². The molecule has 1 N–H and O–H groups in total. The van der Waals surface area contributed by atoms with E-state index in [0.717, 1.165) is 16.7 Å². The molecule has 0 aliphatic rings. The molecule has 1 amide bonds. The van der Waals surface area contributed by atoms with Crippen LogP contribution >= 0.6 is 0 Å². The smallest absolute Gasteiger partial charge is 0.252 e. The van der Waals surface area contributed by atoms with Crippen LogP contribution < -0.4 is 10.1 Å². The average molecular weight is 216 g/mol. The van der Waals surface area contributed by atoms with Gasteiger partial charge in [-0.05, 0) is 24.3 Å². The molecule has 0 unspecified atom stereocenters. The third kappa shape index (κ3) is 1.82. The third-order valence-electron chi connectivity index (χ3n) is 2.38. The number of ether oxygens (including phenoxy) is 1. The minimum Gasteiger partial charge on any atom is -0.497 e. The van der Waals surface area contributed by atoms with Gasteiger partial charge in [0.15, 0.2) is 0 Å². The summed E-state index contributed by atoms with van der Waals surface area (Å²) >= 11 is 0. The lowest BCUT2D eigenvalue weighted by Crippen LogP contribution is -2.17. The van der Waals surface area contributed by atoms with E-state index in [4.69, 9.17) is 4.74 Å². The lowest BCUT2D eigenvalue weighted by molar-refractivity contribution is 0.0963. The van der Waals surface area contributed by atoms with Crippen LogP contribution in [0.5, 0.6) is 5.75 Å². The summed E-state index contributed by atoms with van der Waals surface area (Å²) in [6, 6.07) is 7.36. The molecule has 2 rings (SSSR count). The highest BCUT2D eigenvalue weighted by Gasteiger charge is 2.05. The molecular weight excluding hydrogens is 204 g/mol. The van der Waals surface area contributed by atoms with Crippen LogP contribution in [0.4, 0.5) is 0 Å². The summed E-state index contributed by atoms with van der Waals surface area (Å²) in [5.74, 6) is 0.612. The predicted molar refractivity (Wildman–Crippen MR) is 61.7 cm³/mol. The fraction of sp³-hybridized carbons (Fsp3) is 0.167. The highest BCUT2D eigenvalue weighted by Crippen LogP contribution is 2.19. The van der Waals surface area contributed by atoms with E-state index in [1.54, 1.807) is 26.4 Å². The minimum absolute atomic E-state index is 0.141. The normalized spacial score (nSPS) is 10.1. The second-order valence-corrected chi connectivity index (χ2v) is 3.36. The molecule has 1 aromatic heterocycles. The molecule has 0 spiro atoms. The Balaban J connectivity index is 2.54. The molecule has 0 fully saturated rings. The largest absolute Gasteiger partial charge is 0.497 e. The molecule has 0 atom stereocenters. The topological polar surface area (TPSA) is 51.2 Å². The number of aromatic nitrogens is 1. The van der Waals surface area contributed by atoms with Crippen molar-refractivity contribution < 1.29 is 9.53 Å². The van der Waals surface area contributed by atoms with Crippen molar-refractivity contribution in [2.45, 2.75) is 0 Å². The fourth-order valence-corrected chi connectivity index (χ4v) is 1.51. The predicted octanol–water partition coefficient (Wildman–Crippen LogP) is 1.60. The van der Waals surface area contributed by atoms with E-state index in [9.17, 15) is 4.79 Å². The molecule has 82 valence electrons. The molecule has 1 heterocycles. The number of rotatable bonds is 2. The molecule has 0 aliphatic carbocycles. The van der Waals surface area contributed by atoms with Gasteiger partial charge in [-0.3, -0.25) is 9.78 Å². The van der Waals surface area contributed by atoms with E-state index < -0.39 is 0 Å². The van der Waals surface area contributed by atoms with E-state index in [1.165, 1.54) is 0 Å². The van der Waals surface area contributed by atoms with Gasteiger partial charge in [0, 0.05) is 18.6 Å². The van der Waals surface area contributed by atoms with E-state index in [1.807, 2.05) is 18.2 Å². The Morgan fingerprint density at radius 2 is 2.19 bits per heavy atom. The molecule has 0 radical (unpaired) electrons. The van der Waals surface area contributed by atoms with Crippen molar-refractivity contribution in [1.29, 1.82) is 0 Å². The molecule has 0 bridgehead atoms. The number of carbonyl (C=O) groups is 1. The number of methoxy groups -OCH3 is 1. The molecule has 4 nitrogen and oxygen atoms in total. The third-order valence-corrected chi connectivity index (χ3v) is 2.38. The first-order chi connectivity index (χ1) is 7.74. The van der Waals surface area contributed by atoms with Crippen molar-refractivity contribution in [1.82, 2.24) is 10.3 Å². The molecule has 4 heteroatoms. The first kappa shape index (κ1) is 10.4. The van der Waals surface area contributed by atoms with Crippen LogP contribution in [0.2, 0.25) is 0 Å². The number of hydrogen-bond donors (Lipinski definition) is 1. The van der Waals surface area contributed by atoms with Crippen molar-refractivity contribution in [2.24, 2.45) is 0 Å².